The van der Waals surface area contributed by atoms with Crippen LogP contribution in [0, 0.1) is 23.7 Å². The van der Waals surface area contributed by atoms with E-state index >= 15 is 0 Å². The second-order valence-electron chi connectivity index (χ2n) is 28.3. The Morgan fingerprint density at radius 3 is 1.65 bits per heavy atom. The fourth-order valence-electron chi connectivity index (χ4n) is 14.9. The summed E-state index contributed by atoms with van der Waals surface area (Å²) in [6.45, 7) is 16.2. The van der Waals surface area contributed by atoms with E-state index in [4.69, 9.17) is 28.8 Å². The van der Waals surface area contributed by atoms with E-state index in [-0.39, 0.29) is 91.7 Å². The van der Waals surface area contributed by atoms with E-state index in [2.05, 4.69) is 22.1 Å². The van der Waals surface area contributed by atoms with Crippen LogP contribution in [0.15, 0.2) is 54.8 Å². The highest BCUT2D eigenvalue weighted by Gasteiger charge is 2.62. The minimum absolute atomic E-state index is 0.0205. The Kier molecular flexibility index (Phi) is 32.9. The summed E-state index contributed by atoms with van der Waals surface area (Å²) in [6.07, 6.45) is 8.41. The number of aromatic nitrogens is 2. The molecule has 102 heavy (non-hydrogen) atoms. The SMILES string of the molecule is C=C(O)CN1CCN(CC(=O)O)CCN(CC(=O)O)CCN(CC(=O)NCCCOCCOCCOCCCCC(=O)CCC(=O)N(C)CCCN(C)CCCN(C)C(=O)c2ccc(-n3nc(C(=O)NC4(C(=O)O)C5CC6CC(C5)CC4C6)cc3-c3c(OC)cccc3OC)c(C(C)C)c2)CC1. The van der Waals surface area contributed by atoms with E-state index in [0.29, 0.717) is 190 Å². The van der Waals surface area contributed by atoms with Gasteiger partial charge in [0.15, 0.2) is 5.69 Å². The second kappa shape index (κ2) is 41.1. The van der Waals surface area contributed by atoms with Gasteiger partial charge in [-0.15, -0.1) is 0 Å². The van der Waals surface area contributed by atoms with Crippen LogP contribution in [0.25, 0.3) is 16.9 Å². The summed E-state index contributed by atoms with van der Waals surface area (Å²) in [5.41, 5.74) is 1.67. The van der Waals surface area contributed by atoms with Crippen molar-refractivity contribution < 1.29 is 82.5 Å². The van der Waals surface area contributed by atoms with Crippen molar-refractivity contribution in [2.24, 2.45) is 23.7 Å². The smallest absolute Gasteiger partial charge is 0.330 e. The monoisotopic (exact) mass is 1430 g/mol. The quantitative estimate of drug-likeness (QED) is 0.0302. The van der Waals surface area contributed by atoms with E-state index in [9.17, 15) is 58.8 Å². The number of benzene rings is 2. The Balaban J connectivity index is 0.730. The predicted molar refractivity (Wildman–Crippen MR) is 383 cm³/mol. The number of carboxylic acids is 3. The van der Waals surface area contributed by atoms with Gasteiger partial charge in [-0.25, -0.2) is 9.48 Å². The molecule has 0 unspecified atom stereocenters. The molecule has 28 heteroatoms. The largest absolute Gasteiger partial charge is 0.512 e. The lowest BCUT2D eigenvalue weighted by Gasteiger charge is -2.59. The molecule has 0 spiro atoms. The van der Waals surface area contributed by atoms with Crippen LogP contribution < -0.4 is 20.1 Å². The third kappa shape index (κ3) is 24.5. The van der Waals surface area contributed by atoms with Crippen LogP contribution in [0.4, 0.5) is 0 Å². The molecule has 1 aliphatic heterocycles. The lowest BCUT2D eigenvalue weighted by Crippen LogP contribution is -2.70. The first kappa shape index (κ1) is 81.7. The maximum Gasteiger partial charge on any atom is 0.330 e. The molecule has 4 saturated carbocycles. The minimum atomic E-state index is -1.38. The van der Waals surface area contributed by atoms with Crippen molar-refractivity contribution in [1.29, 1.82) is 0 Å². The van der Waals surface area contributed by atoms with E-state index in [1.165, 1.54) is 0 Å². The average molecular weight is 1430 g/mol. The van der Waals surface area contributed by atoms with Gasteiger partial charge < -0.3 is 69.4 Å². The third-order valence-electron chi connectivity index (χ3n) is 20.3. The number of methoxy groups -OCH3 is 2. The summed E-state index contributed by atoms with van der Waals surface area (Å²) >= 11 is 0. The maximum atomic E-state index is 14.5. The standard InChI is InChI=1S/C74H113N11O17/c1-52(2)60-46-56(18-20-62(60)85-63(70-64(98-7)16-11-17-65(70)99-8)47-61(77-85)71(94)76-74(73(96)97)57-42-54-41-55(44-57)45-58(74)43-54)72(95)80(6)26-14-24-78(4)23-13-25-79(5)67(89)21-19-59(87)15-9-10-35-100-37-39-102-40-38-101-36-12-22-75-66(88)49-82-29-27-81(48-53(3)86)28-31-83(50-68(90)91)33-34-84(32-30-82)51-69(92)93/h11,16-18,20,46-47,52,54-55,57-58,86H,3,9-10,12-15,19,21-45,48-51H2,1-2,4-8H3,(H,75,88)(H,76,94)(H,90,91)(H,92,93)(H,96,97). The van der Waals surface area contributed by atoms with Gasteiger partial charge in [-0.1, -0.05) is 26.5 Å². The number of ether oxygens (including phenoxy) is 5. The molecule has 3 aromatic rings. The zero-order valence-corrected chi connectivity index (χ0v) is 61.2. The molecule has 4 aliphatic carbocycles. The van der Waals surface area contributed by atoms with Gasteiger partial charge in [0, 0.05) is 124 Å². The number of Topliss-reactive ketones (excluding diaryl/α,β-unsaturated/α-hetero) is 1. The fraction of sp³-hybridized carbons (Fsp3) is 0.662. The highest BCUT2D eigenvalue weighted by atomic mass is 16.5. The first-order chi connectivity index (χ1) is 48.9. The number of rotatable bonds is 43. The highest BCUT2D eigenvalue weighted by Crippen LogP contribution is 2.58. The Morgan fingerprint density at radius 1 is 0.608 bits per heavy atom. The van der Waals surface area contributed by atoms with Crippen molar-refractivity contribution in [2.45, 2.75) is 109 Å². The summed E-state index contributed by atoms with van der Waals surface area (Å²) in [4.78, 5) is 117. The number of aliphatic hydroxyl groups is 1. The molecule has 6 N–H and O–H groups in total. The van der Waals surface area contributed by atoms with E-state index < -0.39 is 29.4 Å². The Morgan fingerprint density at radius 2 is 1.13 bits per heavy atom. The van der Waals surface area contributed by atoms with Crippen LogP contribution in [0.5, 0.6) is 11.5 Å². The summed E-state index contributed by atoms with van der Waals surface area (Å²) in [5.74, 6) is -2.34. The number of nitrogens with zero attached hydrogens (tertiary/aromatic N) is 9. The van der Waals surface area contributed by atoms with E-state index in [0.717, 1.165) is 57.2 Å². The molecule has 0 radical (unpaired) electrons. The zero-order chi connectivity index (χ0) is 73.9. The Bertz CT molecular complexity index is 3190. The first-order valence-electron chi connectivity index (χ1n) is 36.3. The number of carboxylic acid groups (broad SMARTS) is 3. The number of hydrogen-bond donors (Lipinski definition) is 6. The van der Waals surface area contributed by atoms with Crippen molar-refractivity contribution in [3.63, 3.8) is 0 Å². The summed E-state index contributed by atoms with van der Waals surface area (Å²) in [7, 11) is 8.67. The van der Waals surface area contributed by atoms with Gasteiger partial charge in [0.1, 0.15) is 22.8 Å². The molecule has 4 bridgehead atoms. The number of carbonyl (C=O) groups excluding carboxylic acids is 5. The molecule has 1 aromatic heterocycles. The van der Waals surface area contributed by atoms with Gasteiger partial charge in [-0.2, -0.15) is 5.10 Å². The Labute approximate surface area is 600 Å². The molecule has 5 aliphatic rings. The third-order valence-corrected chi connectivity index (χ3v) is 20.3. The molecular formula is C74H113N11O17. The molecule has 4 amide bonds. The van der Waals surface area contributed by atoms with Crippen molar-refractivity contribution in [2.75, 3.05) is 186 Å². The average Bonchev–Trinajstić information content (AvgIpc) is 0.827. The molecule has 2 aromatic carbocycles. The summed E-state index contributed by atoms with van der Waals surface area (Å²) in [5, 5.41) is 50.6. The summed E-state index contributed by atoms with van der Waals surface area (Å²) < 4.78 is 30.3. The maximum absolute atomic E-state index is 14.5. The number of amides is 4. The van der Waals surface area contributed by atoms with Gasteiger partial charge in [-0.05, 0) is 156 Å². The normalized spacial score (nSPS) is 19.8. The van der Waals surface area contributed by atoms with E-state index in [1.54, 1.807) is 76.9 Å². The van der Waals surface area contributed by atoms with Gasteiger partial charge in [0.25, 0.3) is 11.8 Å². The molecule has 2 heterocycles. The molecule has 28 nitrogen and oxygen atoms in total. The fourth-order valence-corrected chi connectivity index (χ4v) is 14.9. The van der Waals surface area contributed by atoms with Crippen molar-refractivity contribution in [1.82, 2.24) is 54.7 Å². The number of aliphatic carboxylic acids is 3. The molecular weight excluding hydrogens is 1310 g/mol. The lowest BCUT2D eigenvalue weighted by molar-refractivity contribution is -0.163. The van der Waals surface area contributed by atoms with Crippen LogP contribution in [0.3, 0.4) is 0 Å². The molecule has 566 valence electrons. The van der Waals surface area contributed by atoms with Gasteiger partial charge in [-0.3, -0.25) is 53.2 Å². The van der Waals surface area contributed by atoms with Crippen LogP contribution >= 0.6 is 0 Å². The number of aliphatic hydroxyl groups excluding tert-OH is 1. The number of ketones is 1. The van der Waals surface area contributed by atoms with Gasteiger partial charge >= 0.3 is 17.9 Å². The van der Waals surface area contributed by atoms with E-state index in [1.807, 2.05) is 48.9 Å². The molecule has 5 fully saturated rings. The molecule has 1 saturated heterocycles. The highest BCUT2D eigenvalue weighted by molar-refractivity contribution is 5.99. The van der Waals surface area contributed by atoms with Crippen LogP contribution in [-0.4, -0.2) is 304 Å². The first-order valence-corrected chi connectivity index (χ1v) is 36.3. The minimum Gasteiger partial charge on any atom is -0.512 e. The van der Waals surface area contributed by atoms with Crippen molar-refractivity contribution in [3.05, 3.63) is 71.6 Å². The van der Waals surface area contributed by atoms with Gasteiger partial charge in [0.05, 0.1) is 89.5 Å². The number of nitrogens with one attached hydrogen (secondary N) is 2. The van der Waals surface area contributed by atoms with Crippen molar-refractivity contribution in [3.8, 4) is 28.4 Å². The number of unbranched alkanes of at least 4 members (excludes halogenated alkanes) is 1. The number of hydrogen-bond acceptors (Lipinski definition) is 20. The van der Waals surface area contributed by atoms with Crippen LogP contribution in [0.1, 0.15) is 130 Å². The second-order valence-corrected chi connectivity index (χ2v) is 28.3. The summed E-state index contributed by atoms with van der Waals surface area (Å²) in [6, 6.07) is 12.6. The zero-order valence-electron chi connectivity index (χ0n) is 61.2. The topological polar surface area (TPSA) is 328 Å². The lowest BCUT2D eigenvalue weighted by atomic mass is 9.48. The molecule has 8 rings (SSSR count). The Hall–Kier alpha value is -7.57. The van der Waals surface area contributed by atoms with Crippen LogP contribution in [-0.2, 0) is 43.0 Å². The van der Waals surface area contributed by atoms with Crippen LogP contribution in [0.2, 0.25) is 0 Å². The van der Waals surface area contributed by atoms with Crippen molar-refractivity contribution >= 4 is 47.3 Å². The molecule has 0 atom stereocenters. The van der Waals surface area contributed by atoms with Gasteiger partial charge in [0.2, 0.25) is 11.8 Å². The predicted octanol–water partition coefficient (Wildman–Crippen LogP) is 5.47. The number of carbonyl (C=O) groups is 8.